The van der Waals surface area contributed by atoms with Gasteiger partial charge in [0.25, 0.3) is 0 Å². The van der Waals surface area contributed by atoms with Gasteiger partial charge in [-0.05, 0) is 31.1 Å². The predicted molar refractivity (Wildman–Crippen MR) is 266 cm³/mol. The minimum absolute atomic E-state index is 0.0633. The van der Waals surface area contributed by atoms with Crippen molar-refractivity contribution < 1.29 is 28.6 Å². The number of carbonyl (C=O) groups is 3. The van der Waals surface area contributed by atoms with Gasteiger partial charge < -0.3 is 14.2 Å². The average molecular weight is 877 g/mol. The Labute approximate surface area is 387 Å². The topological polar surface area (TPSA) is 78.9 Å². The van der Waals surface area contributed by atoms with Crippen LogP contribution in [-0.4, -0.2) is 37.2 Å². The molecule has 0 aliphatic carbocycles. The molecule has 0 bridgehead atoms. The molecule has 0 aliphatic rings. The van der Waals surface area contributed by atoms with Crippen molar-refractivity contribution >= 4 is 17.9 Å². The van der Waals surface area contributed by atoms with E-state index in [1.54, 1.807) is 0 Å². The lowest BCUT2D eigenvalue weighted by atomic mass is 10.0. The van der Waals surface area contributed by atoms with Crippen molar-refractivity contribution in [1.82, 2.24) is 0 Å². The Morgan fingerprint density at radius 1 is 0.306 bits per heavy atom. The van der Waals surface area contributed by atoms with Crippen LogP contribution in [0.5, 0.6) is 0 Å². The molecule has 0 aromatic rings. The molecule has 0 amide bonds. The molecule has 0 aromatic heterocycles. The standard InChI is InChI=1S/C56H108O6/c1-6-7-8-9-10-11-12-13-14-15-16-17-21-26-31-36-41-46-54(57)60-49-53(50-61-55(58)47-42-37-32-28-23-25-30-35-40-45-52(4)5)62-56(59)48-43-38-33-27-22-19-18-20-24-29-34-39-44-51(2)3/h51-53H,6-50H2,1-5H3/t53-/m1/s1. The zero-order valence-corrected chi connectivity index (χ0v) is 42.5. The fourth-order valence-corrected chi connectivity index (χ4v) is 8.52. The van der Waals surface area contributed by atoms with Crippen LogP contribution in [0.3, 0.4) is 0 Å². The van der Waals surface area contributed by atoms with Crippen LogP contribution in [-0.2, 0) is 28.6 Å². The minimum atomic E-state index is -0.762. The first kappa shape index (κ1) is 60.4. The van der Waals surface area contributed by atoms with Crippen LogP contribution in [0.25, 0.3) is 0 Å². The highest BCUT2D eigenvalue weighted by atomic mass is 16.6. The molecule has 62 heavy (non-hydrogen) atoms. The maximum atomic E-state index is 12.8. The summed E-state index contributed by atoms with van der Waals surface area (Å²) in [4.78, 5) is 38.0. The van der Waals surface area contributed by atoms with Crippen LogP contribution in [0.1, 0.15) is 311 Å². The Kier molecular flexibility index (Phi) is 47.6. The molecular formula is C56H108O6. The summed E-state index contributed by atoms with van der Waals surface area (Å²) in [6.07, 6.45) is 50.9. The van der Waals surface area contributed by atoms with Crippen LogP contribution >= 0.6 is 0 Å². The lowest BCUT2D eigenvalue weighted by Gasteiger charge is -2.18. The van der Waals surface area contributed by atoms with Gasteiger partial charge in [0.15, 0.2) is 6.10 Å². The van der Waals surface area contributed by atoms with E-state index in [4.69, 9.17) is 14.2 Å². The summed E-state index contributed by atoms with van der Waals surface area (Å²) < 4.78 is 16.9. The fourth-order valence-electron chi connectivity index (χ4n) is 8.52. The van der Waals surface area contributed by atoms with Crippen molar-refractivity contribution in [2.45, 2.75) is 317 Å². The second kappa shape index (κ2) is 48.9. The van der Waals surface area contributed by atoms with E-state index in [9.17, 15) is 14.4 Å². The zero-order valence-electron chi connectivity index (χ0n) is 42.5. The molecule has 0 fully saturated rings. The molecule has 0 rings (SSSR count). The maximum Gasteiger partial charge on any atom is 0.306 e. The molecule has 6 nitrogen and oxygen atoms in total. The van der Waals surface area contributed by atoms with Gasteiger partial charge in [-0.25, -0.2) is 0 Å². The van der Waals surface area contributed by atoms with E-state index >= 15 is 0 Å². The van der Waals surface area contributed by atoms with E-state index in [-0.39, 0.29) is 31.1 Å². The van der Waals surface area contributed by atoms with Gasteiger partial charge in [0.1, 0.15) is 13.2 Å². The largest absolute Gasteiger partial charge is 0.462 e. The number of hydrogen-bond donors (Lipinski definition) is 0. The highest BCUT2D eigenvalue weighted by Gasteiger charge is 2.19. The van der Waals surface area contributed by atoms with Gasteiger partial charge in [0.05, 0.1) is 0 Å². The SMILES string of the molecule is CCCCCCCCCCCCCCCCCCCC(=O)OC[C@H](COC(=O)CCCCCCCCCCCC(C)C)OC(=O)CCCCCCCCCCCCCCC(C)C. The molecule has 0 heterocycles. The number of unbranched alkanes of at least 4 members (excludes halogenated alkanes) is 35. The maximum absolute atomic E-state index is 12.8. The van der Waals surface area contributed by atoms with E-state index in [0.717, 1.165) is 69.6 Å². The van der Waals surface area contributed by atoms with Crippen LogP contribution in [0.15, 0.2) is 0 Å². The lowest BCUT2D eigenvalue weighted by Crippen LogP contribution is -2.30. The third-order valence-electron chi connectivity index (χ3n) is 12.7. The first-order chi connectivity index (χ1) is 30.2. The first-order valence-electron chi connectivity index (χ1n) is 27.7. The third kappa shape index (κ3) is 49.4. The Balaban J connectivity index is 4.29. The van der Waals surface area contributed by atoms with Crippen molar-refractivity contribution in [2.75, 3.05) is 13.2 Å². The number of carbonyl (C=O) groups excluding carboxylic acids is 3. The summed E-state index contributed by atoms with van der Waals surface area (Å²) in [7, 11) is 0. The summed E-state index contributed by atoms with van der Waals surface area (Å²) in [6.45, 7) is 11.4. The molecule has 6 heteroatoms. The van der Waals surface area contributed by atoms with E-state index in [2.05, 4.69) is 34.6 Å². The van der Waals surface area contributed by atoms with Crippen molar-refractivity contribution in [3.63, 3.8) is 0 Å². The molecule has 0 spiro atoms. The molecule has 368 valence electrons. The zero-order chi connectivity index (χ0) is 45.4. The average Bonchev–Trinajstić information content (AvgIpc) is 3.24. The fraction of sp³-hybridized carbons (Fsp3) is 0.946. The molecular weight excluding hydrogens is 769 g/mol. The Morgan fingerprint density at radius 3 is 0.790 bits per heavy atom. The van der Waals surface area contributed by atoms with Gasteiger partial charge in [-0.15, -0.1) is 0 Å². The van der Waals surface area contributed by atoms with E-state index in [1.165, 1.54) is 199 Å². The van der Waals surface area contributed by atoms with E-state index < -0.39 is 6.10 Å². The Morgan fingerprint density at radius 2 is 0.532 bits per heavy atom. The van der Waals surface area contributed by atoms with Gasteiger partial charge >= 0.3 is 17.9 Å². The predicted octanol–water partition coefficient (Wildman–Crippen LogP) is 18.1. The van der Waals surface area contributed by atoms with Crippen molar-refractivity contribution in [3.8, 4) is 0 Å². The van der Waals surface area contributed by atoms with Crippen LogP contribution < -0.4 is 0 Å². The molecule has 1 atom stereocenters. The van der Waals surface area contributed by atoms with Gasteiger partial charge in [-0.2, -0.15) is 0 Å². The molecule has 0 saturated carbocycles. The highest BCUT2D eigenvalue weighted by Crippen LogP contribution is 2.18. The Hall–Kier alpha value is -1.59. The Bertz CT molecular complexity index is 947. The second-order valence-corrected chi connectivity index (χ2v) is 20.2. The quantitative estimate of drug-likeness (QED) is 0.0344. The lowest BCUT2D eigenvalue weighted by molar-refractivity contribution is -0.167. The van der Waals surface area contributed by atoms with Crippen molar-refractivity contribution in [3.05, 3.63) is 0 Å². The second-order valence-electron chi connectivity index (χ2n) is 20.2. The highest BCUT2D eigenvalue weighted by molar-refractivity contribution is 5.71. The summed E-state index contributed by atoms with van der Waals surface area (Å²) in [5.74, 6) is 0.796. The third-order valence-corrected chi connectivity index (χ3v) is 12.7. The molecule has 0 unspecified atom stereocenters. The van der Waals surface area contributed by atoms with E-state index in [1.807, 2.05) is 0 Å². The van der Waals surface area contributed by atoms with Crippen molar-refractivity contribution in [2.24, 2.45) is 11.8 Å². The summed E-state index contributed by atoms with van der Waals surface area (Å²) in [5.41, 5.74) is 0. The van der Waals surface area contributed by atoms with Crippen molar-refractivity contribution in [1.29, 1.82) is 0 Å². The van der Waals surface area contributed by atoms with Gasteiger partial charge in [-0.1, -0.05) is 272 Å². The molecule has 0 aromatic carbocycles. The normalized spacial score (nSPS) is 12.0. The summed E-state index contributed by atoms with van der Waals surface area (Å²) in [5, 5.41) is 0. The van der Waals surface area contributed by atoms with E-state index in [0.29, 0.717) is 19.3 Å². The number of esters is 3. The van der Waals surface area contributed by atoms with Crippen LogP contribution in [0, 0.1) is 11.8 Å². The minimum Gasteiger partial charge on any atom is -0.462 e. The number of hydrogen-bond acceptors (Lipinski definition) is 6. The molecule has 0 saturated heterocycles. The molecule has 0 N–H and O–H groups in total. The molecule has 0 aliphatic heterocycles. The summed E-state index contributed by atoms with van der Waals surface area (Å²) >= 11 is 0. The van der Waals surface area contributed by atoms with Gasteiger partial charge in [0.2, 0.25) is 0 Å². The van der Waals surface area contributed by atoms with Crippen LogP contribution in [0.2, 0.25) is 0 Å². The first-order valence-corrected chi connectivity index (χ1v) is 27.7. The monoisotopic (exact) mass is 877 g/mol. The number of rotatable bonds is 50. The van der Waals surface area contributed by atoms with Gasteiger partial charge in [0, 0.05) is 19.3 Å². The number of ether oxygens (including phenoxy) is 3. The van der Waals surface area contributed by atoms with Crippen LogP contribution in [0.4, 0.5) is 0 Å². The smallest absolute Gasteiger partial charge is 0.306 e. The summed E-state index contributed by atoms with van der Waals surface area (Å²) in [6, 6.07) is 0. The molecule has 0 radical (unpaired) electrons. The van der Waals surface area contributed by atoms with Gasteiger partial charge in [-0.3, -0.25) is 14.4 Å².